The molecule has 1 heterocycles. The van der Waals surface area contributed by atoms with Crippen LogP contribution in [0.1, 0.15) is 11.1 Å². The molecule has 0 atom stereocenters. The molecule has 1 rings (SSSR count). The van der Waals surface area contributed by atoms with E-state index in [1.807, 2.05) is 19.2 Å². The number of pyridine rings is 1. The summed E-state index contributed by atoms with van der Waals surface area (Å²) in [5.41, 5.74) is 2.42. The molecule has 0 aromatic carbocycles. The minimum atomic E-state index is 0.185. The van der Waals surface area contributed by atoms with Gasteiger partial charge in [0.05, 0.1) is 6.61 Å². The Hall–Kier alpha value is -0.930. The van der Waals surface area contributed by atoms with Crippen molar-refractivity contribution in [3.05, 3.63) is 29.6 Å². The lowest BCUT2D eigenvalue weighted by atomic mass is 10.1. The molecule has 0 unspecified atom stereocenters. The maximum atomic E-state index is 8.54. The summed E-state index contributed by atoms with van der Waals surface area (Å²) in [6.45, 7) is 3.66. The highest BCUT2D eigenvalue weighted by Gasteiger charge is 1.95. The van der Waals surface area contributed by atoms with Crippen molar-refractivity contribution in [2.24, 2.45) is 0 Å². The molecule has 0 amide bonds. The summed E-state index contributed by atoms with van der Waals surface area (Å²) in [6.07, 6.45) is 3.62. The van der Waals surface area contributed by atoms with E-state index in [1.54, 1.807) is 6.20 Å². The van der Waals surface area contributed by atoms with Crippen molar-refractivity contribution in [2.75, 3.05) is 13.2 Å². The standard InChI is InChI=1S/C9H14N2O/c1-8-6-10-3-2-9(8)7-11-4-5-12/h2-3,6,11-12H,4-5,7H2,1H3. The highest BCUT2D eigenvalue weighted by molar-refractivity contribution is 5.20. The number of hydrogen-bond donors (Lipinski definition) is 2. The van der Waals surface area contributed by atoms with E-state index < -0.39 is 0 Å². The van der Waals surface area contributed by atoms with Crippen LogP contribution in [0.25, 0.3) is 0 Å². The van der Waals surface area contributed by atoms with Crippen LogP contribution in [0.3, 0.4) is 0 Å². The predicted molar refractivity (Wildman–Crippen MR) is 47.8 cm³/mol. The number of nitrogens with one attached hydrogen (secondary N) is 1. The number of nitrogens with zero attached hydrogens (tertiary/aromatic N) is 1. The molecule has 0 aliphatic rings. The summed E-state index contributed by atoms with van der Waals surface area (Å²) in [5, 5.41) is 11.7. The lowest BCUT2D eigenvalue weighted by molar-refractivity contribution is 0.292. The van der Waals surface area contributed by atoms with E-state index in [0.29, 0.717) is 6.54 Å². The van der Waals surface area contributed by atoms with Crippen molar-refractivity contribution in [2.45, 2.75) is 13.5 Å². The van der Waals surface area contributed by atoms with E-state index in [4.69, 9.17) is 5.11 Å². The third-order valence-electron chi connectivity index (χ3n) is 1.74. The molecule has 2 N–H and O–H groups in total. The van der Waals surface area contributed by atoms with Crippen LogP contribution in [-0.4, -0.2) is 23.2 Å². The highest BCUT2D eigenvalue weighted by atomic mass is 16.3. The third-order valence-corrected chi connectivity index (χ3v) is 1.74. The summed E-state index contributed by atoms with van der Waals surface area (Å²) in [6, 6.07) is 1.99. The quantitative estimate of drug-likeness (QED) is 0.639. The van der Waals surface area contributed by atoms with Gasteiger partial charge in [0, 0.05) is 25.5 Å². The van der Waals surface area contributed by atoms with Crippen molar-refractivity contribution < 1.29 is 5.11 Å². The van der Waals surface area contributed by atoms with E-state index in [-0.39, 0.29) is 6.61 Å². The van der Waals surface area contributed by atoms with Crippen molar-refractivity contribution in [3.63, 3.8) is 0 Å². The molecule has 3 nitrogen and oxygen atoms in total. The lowest BCUT2D eigenvalue weighted by Crippen LogP contribution is -2.17. The van der Waals surface area contributed by atoms with Crippen molar-refractivity contribution >= 4 is 0 Å². The summed E-state index contributed by atoms with van der Waals surface area (Å²) >= 11 is 0. The third kappa shape index (κ3) is 2.60. The van der Waals surface area contributed by atoms with Crippen LogP contribution in [0.5, 0.6) is 0 Å². The Morgan fingerprint density at radius 3 is 3.08 bits per heavy atom. The number of aliphatic hydroxyl groups is 1. The van der Waals surface area contributed by atoms with E-state index in [0.717, 1.165) is 6.54 Å². The lowest BCUT2D eigenvalue weighted by Gasteiger charge is -2.04. The molecule has 0 aliphatic carbocycles. The van der Waals surface area contributed by atoms with Gasteiger partial charge in [0.25, 0.3) is 0 Å². The van der Waals surface area contributed by atoms with E-state index in [2.05, 4.69) is 10.3 Å². The normalized spacial score (nSPS) is 10.2. The molecule has 0 aliphatic heterocycles. The molecule has 12 heavy (non-hydrogen) atoms. The second kappa shape index (κ2) is 4.85. The molecule has 3 heteroatoms. The first-order chi connectivity index (χ1) is 5.84. The summed E-state index contributed by atoms with van der Waals surface area (Å²) in [4.78, 5) is 4.00. The minimum Gasteiger partial charge on any atom is -0.395 e. The van der Waals surface area contributed by atoms with Gasteiger partial charge in [-0.2, -0.15) is 0 Å². The highest BCUT2D eigenvalue weighted by Crippen LogP contribution is 2.03. The van der Waals surface area contributed by atoms with Gasteiger partial charge in [0.1, 0.15) is 0 Å². The molecule has 1 aromatic rings. The van der Waals surface area contributed by atoms with Crippen molar-refractivity contribution in [1.29, 1.82) is 0 Å². The van der Waals surface area contributed by atoms with Gasteiger partial charge >= 0.3 is 0 Å². The van der Waals surface area contributed by atoms with Crippen LogP contribution >= 0.6 is 0 Å². The number of aliphatic hydroxyl groups excluding tert-OH is 1. The van der Waals surface area contributed by atoms with E-state index in [9.17, 15) is 0 Å². The fraction of sp³-hybridized carbons (Fsp3) is 0.444. The topological polar surface area (TPSA) is 45.2 Å². The molecule has 66 valence electrons. The van der Waals surface area contributed by atoms with Gasteiger partial charge in [0.2, 0.25) is 0 Å². The Morgan fingerprint density at radius 2 is 2.42 bits per heavy atom. The van der Waals surface area contributed by atoms with Gasteiger partial charge in [-0.05, 0) is 24.1 Å². The number of hydrogen-bond acceptors (Lipinski definition) is 3. The summed E-state index contributed by atoms with van der Waals surface area (Å²) in [7, 11) is 0. The molecule has 0 fully saturated rings. The average molecular weight is 166 g/mol. The summed E-state index contributed by atoms with van der Waals surface area (Å²) < 4.78 is 0. The molecule has 0 bridgehead atoms. The zero-order valence-corrected chi connectivity index (χ0v) is 7.25. The number of rotatable bonds is 4. The number of aryl methyl sites for hydroxylation is 1. The van der Waals surface area contributed by atoms with Crippen LogP contribution in [0.4, 0.5) is 0 Å². The Kier molecular flexibility index (Phi) is 3.70. The molecule has 1 aromatic heterocycles. The zero-order valence-electron chi connectivity index (χ0n) is 7.25. The van der Waals surface area contributed by atoms with Gasteiger partial charge in [0.15, 0.2) is 0 Å². The second-order valence-corrected chi connectivity index (χ2v) is 2.70. The number of aromatic nitrogens is 1. The van der Waals surface area contributed by atoms with Crippen molar-refractivity contribution in [3.8, 4) is 0 Å². The fourth-order valence-corrected chi connectivity index (χ4v) is 1.00. The Labute approximate surface area is 72.5 Å². The van der Waals surface area contributed by atoms with Gasteiger partial charge in [-0.25, -0.2) is 0 Å². The van der Waals surface area contributed by atoms with Crippen LogP contribution in [0.15, 0.2) is 18.5 Å². The Morgan fingerprint density at radius 1 is 1.58 bits per heavy atom. The van der Waals surface area contributed by atoms with Crippen LogP contribution < -0.4 is 5.32 Å². The second-order valence-electron chi connectivity index (χ2n) is 2.70. The fourth-order valence-electron chi connectivity index (χ4n) is 1.00. The van der Waals surface area contributed by atoms with Gasteiger partial charge in [-0.1, -0.05) is 0 Å². The smallest absolute Gasteiger partial charge is 0.0556 e. The van der Waals surface area contributed by atoms with Gasteiger partial charge in [-0.15, -0.1) is 0 Å². The first-order valence-corrected chi connectivity index (χ1v) is 4.05. The zero-order chi connectivity index (χ0) is 8.81. The predicted octanol–water partition coefficient (Wildman–Crippen LogP) is 0.472. The van der Waals surface area contributed by atoms with Crippen LogP contribution in [0, 0.1) is 6.92 Å². The Bertz CT molecular complexity index is 238. The molecule has 0 radical (unpaired) electrons. The molecular weight excluding hydrogens is 152 g/mol. The van der Waals surface area contributed by atoms with E-state index >= 15 is 0 Å². The maximum Gasteiger partial charge on any atom is 0.0556 e. The average Bonchev–Trinajstić information content (AvgIpc) is 2.09. The molecule has 0 saturated heterocycles. The van der Waals surface area contributed by atoms with E-state index in [1.165, 1.54) is 11.1 Å². The van der Waals surface area contributed by atoms with Gasteiger partial charge < -0.3 is 10.4 Å². The molecule has 0 saturated carbocycles. The largest absolute Gasteiger partial charge is 0.395 e. The minimum absolute atomic E-state index is 0.185. The first kappa shape index (κ1) is 9.16. The van der Waals surface area contributed by atoms with Gasteiger partial charge in [-0.3, -0.25) is 4.98 Å². The summed E-state index contributed by atoms with van der Waals surface area (Å²) in [5.74, 6) is 0. The van der Waals surface area contributed by atoms with Crippen LogP contribution in [0.2, 0.25) is 0 Å². The van der Waals surface area contributed by atoms with Crippen molar-refractivity contribution in [1.82, 2.24) is 10.3 Å². The Balaban J connectivity index is 2.46. The SMILES string of the molecule is Cc1cnccc1CNCCO. The molecular formula is C9H14N2O. The monoisotopic (exact) mass is 166 g/mol. The first-order valence-electron chi connectivity index (χ1n) is 4.05. The molecule has 0 spiro atoms. The van der Waals surface area contributed by atoms with Crippen LogP contribution in [-0.2, 0) is 6.54 Å². The maximum absolute atomic E-state index is 8.54.